The highest BCUT2D eigenvalue weighted by Gasteiger charge is 2.33. The Kier molecular flexibility index (Phi) is 3.66. The van der Waals surface area contributed by atoms with Crippen molar-refractivity contribution in [1.82, 2.24) is 9.88 Å². The average Bonchev–Trinajstić information content (AvgIpc) is 3.20. The number of nitrogen functional groups attached to an aromatic ring is 1. The number of amides is 1. The Balaban J connectivity index is 1.81. The fourth-order valence-corrected chi connectivity index (χ4v) is 2.78. The maximum Gasteiger partial charge on any atom is 0.273 e. The molecule has 6 heteroatoms. The summed E-state index contributed by atoms with van der Waals surface area (Å²) in [5.74, 6) is 5.34. The maximum absolute atomic E-state index is 12.6. The van der Waals surface area contributed by atoms with Gasteiger partial charge in [-0.1, -0.05) is 0 Å². The maximum atomic E-state index is 12.6. The number of carbonyl (C=O) groups is 1. The molecular formula is C14H16N4OS. The molecule has 1 saturated carbocycles. The molecule has 1 fully saturated rings. The number of nitrogens with zero attached hydrogens (tertiary/aromatic N) is 2. The van der Waals surface area contributed by atoms with E-state index in [0.717, 1.165) is 12.8 Å². The van der Waals surface area contributed by atoms with E-state index in [0.29, 0.717) is 24.0 Å². The number of nitrogens with one attached hydrogen (secondary N) is 1. The van der Waals surface area contributed by atoms with E-state index in [2.05, 4.69) is 21.9 Å². The predicted octanol–water partition coefficient (Wildman–Crippen LogP) is 2.23. The van der Waals surface area contributed by atoms with Crippen LogP contribution < -0.4 is 11.3 Å². The van der Waals surface area contributed by atoms with Crippen LogP contribution in [0.15, 0.2) is 35.2 Å². The molecule has 0 radical (unpaired) electrons. The molecule has 2 heterocycles. The summed E-state index contributed by atoms with van der Waals surface area (Å²) in [5, 5.41) is 4.11. The lowest BCUT2D eigenvalue weighted by Crippen LogP contribution is -2.33. The lowest BCUT2D eigenvalue weighted by Gasteiger charge is -2.21. The van der Waals surface area contributed by atoms with Crippen molar-refractivity contribution in [1.29, 1.82) is 0 Å². The van der Waals surface area contributed by atoms with Crippen molar-refractivity contribution in [2.75, 3.05) is 5.43 Å². The molecule has 0 unspecified atom stereocenters. The van der Waals surface area contributed by atoms with E-state index in [4.69, 9.17) is 5.84 Å². The monoisotopic (exact) mass is 288 g/mol. The summed E-state index contributed by atoms with van der Waals surface area (Å²) in [6.07, 6.45) is 3.74. The number of hydrogen-bond donors (Lipinski definition) is 2. The van der Waals surface area contributed by atoms with Gasteiger partial charge in [-0.05, 0) is 47.4 Å². The van der Waals surface area contributed by atoms with Crippen LogP contribution in [0, 0.1) is 0 Å². The first kappa shape index (κ1) is 13.1. The van der Waals surface area contributed by atoms with Crippen LogP contribution in [0.4, 0.5) is 5.69 Å². The number of carbonyl (C=O) groups excluding carboxylic acids is 1. The molecule has 3 rings (SSSR count). The van der Waals surface area contributed by atoms with Crippen molar-refractivity contribution in [2.45, 2.75) is 25.4 Å². The molecule has 1 aliphatic rings. The second-order valence-electron chi connectivity index (χ2n) is 4.87. The predicted molar refractivity (Wildman–Crippen MR) is 79.3 cm³/mol. The lowest BCUT2D eigenvalue weighted by molar-refractivity contribution is 0.0724. The standard InChI is InChI=1S/C14H16N4OS/c15-17-11-3-5-16-13(7-11)14(19)18(12-1-2-12)8-10-4-6-20-9-10/h3-7,9,12H,1-2,8,15H2,(H,16,17). The normalized spacial score (nSPS) is 14.1. The molecule has 0 atom stereocenters. The molecule has 2 aromatic heterocycles. The van der Waals surface area contributed by atoms with Gasteiger partial charge in [0.05, 0.1) is 5.69 Å². The van der Waals surface area contributed by atoms with E-state index < -0.39 is 0 Å². The van der Waals surface area contributed by atoms with E-state index in [-0.39, 0.29) is 5.91 Å². The van der Waals surface area contributed by atoms with Gasteiger partial charge in [-0.3, -0.25) is 15.6 Å². The molecule has 104 valence electrons. The summed E-state index contributed by atoms with van der Waals surface area (Å²) in [4.78, 5) is 18.7. The molecule has 0 aromatic carbocycles. The van der Waals surface area contributed by atoms with E-state index in [1.165, 1.54) is 5.56 Å². The van der Waals surface area contributed by atoms with Crippen molar-refractivity contribution in [2.24, 2.45) is 5.84 Å². The Morgan fingerprint density at radius 2 is 2.35 bits per heavy atom. The molecule has 1 aliphatic carbocycles. The Morgan fingerprint density at radius 1 is 1.50 bits per heavy atom. The second-order valence-corrected chi connectivity index (χ2v) is 5.65. The van der Waals surface area contributed by atoms with E-state index in [1.54, 1.807) is 29.7 Å². The Labute approximate surface area is 121 Å². The molecule has 0 aliphatic heterocycles. The second kappa shape index (κ2) is 5.60. The number of hydrazine groups is 1. The first-order valence-corrected chi connectivity index (χ1v) is 7.47. The van der Waals surface area contributed by atoms with Crippen LogP contribution in [0.3, 0.4) is 0 Å². The zero-order valence-electron chi connectivity index (χ0n) is 11.0. The third kappa shape index (κ3) is 2.81. The van der Waals surface area contributed by atoms with Gasteiger partial charge in [0.15, 0.2) is 0 Å². The zero-order valence-corrected chi connectivity index (χ0v) is 11.8. The Bertz CT molecular complexity index is 595. The molecule has 0 saturated heterocycles. The van der Waals surface area contributed by atoms with Crippen LogP contribution in [0.2, 0.25) is 0 Å². The zero-order chi connectivity index (χ0) is 13.9. The highest BCUT2D eigenvalue weighted by molar-refractivity contribution is 7.07. The summed E-state index contributed by atoms with van der Waals surface area (Å²) < 4.78 is 0. The van der Waals surface area contributed by atoms with Gasteiger partial charge >= 0.3 is 0 Å². The topological polar surface area (TPSA) is 71.2 Å². The van der Waals surface area contributed by atoms with Gasteiger partial charge in [0.1, 0.15) is 5.69 Å². The van der Waals surface area contributed by atoms with E-state index in [1.807, 2.05) is 10.3 Å². The fraction of sp³-hybridized carbons (Fsp3) is 0.286. The van der Waals surface area contributed by atoms with Gasteiger partial charge in [0.2, 0.25) is 0 Å². The smallest absolute Gasteiger partial charge is 0.273 e. The van der Waals surface area contributed by atoms with Gasteiger partial charge < -0.3 is 10.3 Å². The Hall–Kier alpha value is -1.92. The number of hydrogen-bond acceptors (Lipinski definition) is 5. The average molecular weight is 288 g/mol. The van der Waals surface area contributed by atoms with Crippen LogP contribution in [0.5, 0.6) is 0 Å². The van der Waals surface area contributed by atoms with E-state index in [9.17, 15) is 4.79 Å². The Morgan fingerprint density at radius 3 is 3.00 bits per heavy atom. The van der Waals surface area contributed by atoms with Gasteiger partial charge in [-0.2, -0.15) is 11.3 Å². The number of aromatic nitrogens is 1. The van der Waals surface area contributed by atoms with E-state index >= 15 is 0 Å². The molecule has 0 bridgehead atoms. The summed E-state index contributed by atoms with van der Waals surface area (Å²) in [6.45, 7) is 0.648. The van der Waals surface area contributed by atoms with Crippen LogP contribution >= 0.6 is 11.3 Å². The van der Waals surface area contributed by atoms with Gasteiger partial charge in [0.25, 0.3) is 5.91 Å². The molecule has 5 nitrogen and oxygen atoms in total. The highest BCUT2D eigenvalue weighted by atomic mass is 32.1. The molecule has 0 spiro atoms. The van der Waals surface area contributed by atoms with Crippen molar-refractivity contribution in [3.05, 3.63) is 46.4 Å². The van der Waals surface area contributed by atoms with Gasteiger partial charge in [0, 0.05) is 18.8 Å². The van der Waals surface area contributed by atoms with Crippen LogP contribution in [0.1, 0.15) is 28.9 Å². The van der Waals surface area contributed by atoms with Gasteiger partial charge in [-0.15, -0.1) is 0 Å². The van der Waals surface area contributed by atoms with Crippen LogP contribution in [-0.4, -0.2) is 21.8 Å². The quantitative estimate of drug-likeness (QED) is 0.654. The summed E-state index contributed by atoms with van der Waals surface area (Å²) in [5.41, 5.74) is 4.83. The first-order valence-electron chi connectivity index (χ1n) is 6.52. The number of thiophene rings is 1. The third-order valence-corrected chi connectivity index (χ3v) is 4.06. The first-order chi connectivity index (χ1) is 9.78. The number of rotatable bonds is 5. The lowest BCUT2D eigenvalue weighted by atomic mass is 10.2. The molecular weight excluding hydrogens is 272 g/mol. The summed E-state index contributed by atoms with van der Waals surface area (Å²) in [6, 6.07) is 5.82. The van der Waals surface area contributed by atoms with Crippen molar-refractivity contribution in [3.8, 4) is 0 Å². The molecule has 2 aromatic rings. The molecule has 1 amide bonds. The third-order valence-electron chi connectivity index (χ3n) is 3.33. The highest BCUT2D eigenvalue weighted by Crippen LogP contribution is 2.30. The van der Waals surface area contributed by atoms with Crippen LogP contribution in [0.25, 0.3) is 0 Å². The van der Waals surface area contributed by atoms with Crippen molar-refractivity contribution >= 4 is 22.9 Å². The summed E-state index contributed by atoms with van der Waals surface area (Å²) in [7, 11) is 0. The number of pyridine rings is 1. The van der Waals surface area contributed by atoms with Crippen molar-refractivity contribution in [3.63, 3.8) is 0 Å². The summed E-state index contributed by atoms with van der Waals surface area (Å²) >= 11 is 1.65. The number of nitrogens with two attached hydrogens (primary N) is 1. The minimum Gasteiger partial charge on any atom is -0.330 e. The molecule has 20 heavy (non-hydrogen) atoms. The minimum absolute atomic E-state index is 0.0317. The number of anilines is 1. The SMILES string of the molecule is NNc1ccnc(C(=O)N(Cc2ccsc2)C2CC2)c1. The van der Waals surface area contributed by atoms with Crippen molar-refractivity contribution < 1.29 is 4.79 Å². The molecule has 3 N–H and O–H groups in total. The minimum atomic E-state index is -0.0317. The van der Waals surface area contributed by atoms with Gasteiger partial charge in [-0.25, -0.2) is 0 Å². The fourth-order valence-electron chi connectivity index (χ4n) is 2.12. The largest absolute Gasteiger partial charge is 0.330 e. The van der Waals surface area contributed by atoms with Crippen LogP contribution in [-0.2, 0) is 6.54 Å².